The van der Waals surface area contributed by atoms with Gasteiger partial charge in [0.15, 0.2) is 16.7 Å². The highest BCUT2D eigenvalue weighted by molar-refractivity contribution is 7.26. The lowest BCUT2D eigenvalue weighted by molar-refractivity contribution is 0.663. The summed E-state index contributed by atoms with van der Waals surface area (Å²) in [6.45, 7) is 0. The molecule has 0 atom stereocenters. The maximum Gasteiger partial charge on any atom is 0.172 e. The van der Waals surface area contributed by atoms with Crippen LogP contribution >= 0.6 is 11.3 Å². The third kappa shape index (κ3) is 12.6. The van der Waals surface area contributed by atoms with Crippen molar-refractivity contribution in [2.45, 2.75) is 0 Å². The van der Waals surface area contributed by atoms with Crippen LogP contribution in [0.4, 0.5) is 0 Å². The van der Waals surface area contributed by atoms with Gasteiger partial charge >= 0.3 is 0 Å². The maximum atomic E-state index is 6.36. The number of para-hydroxylation sites is 10. The lowest BCUT2D eigenvalue weighted by Crippen LogP contribution is -1.94. The van der Waals surface area contributed by atoms with E-state index in [1.165, 1.54) is 175 Å². The standard InChI is InChI=1S/C46H28N4S.2C40H24N4O/c1-2-9-32(10-3-1)49-40-15-6-4-11-35(40)38-25-30(19-23-42(38)49)31-20-24-43-39(26-31)36-12-5-7-16-41(36)50(43)33-21-17-29(18-22-33)34-13-8-14-37-45-44(51-46(34)37)27-47-28-48-45;1-2-9-27(10-3-1)43-33-14-6-4-11-28(33)31-21-25(17-19-35(31)43)26-18-20-36-32(22-26)29-12-5-7-15-34(29)44(36)37-16-8-13-30-39-38(45-40(30)37)23-41-24-42-39;1-2-8-27(9-3-1)43-34-12-6-4-10-29(34)31-20-25(14-17-36(31)43)26-15-18-37-32(21-26)30-11-5-7-13-35(30)44(37)28-16-19-38-33(22-28)40-39(45-38)23-41-24-42-40/h1-28H;2*1-24H. The van der Waals surface area contributed by atoms with Crippen molar-refractivity contribution in [1.82, 2.24) is 57.3 Å². The van der Waals surface area contributed by atoms with E-state index in [-0.39, 0.29) is 0 Å². The summed E-state index contributed by atoms with van der Waals surface area (Å²) in [4.78, 5) is 26.1. The van der Waals surface area contributed by atoms with Crippen molar-refractivity contribution in [3.8, 4) is 78.6 Å². The average molecular weight is 1820 g/mol. The van der Waals surface area contributed by atoms with E-state index in [2.05, 4.69) is 476 Å². The van der Waals surface area contributed by atoms with Gasteiger partial charge in [-0.3, -0.25) is 0 Å². The Morgan fingerprint density at radius 2 is 0.496 bits per heavy atom. The second-order valence-corrected chi connectivity index (χ2v) is 37.1. The highest BCUT2D eigenvalue weighted by Crippen LogP contribution is 2.47. The van der Waals surface area contributed by atoms with Gasteiger partial charge in [0, 0.05) is 120 Å². The van der Waals surface area contributed by atoms with Gasteiger partial charge in [0.2, 0.25) is 0 Å². The fourth-order valence-corrected chi connectivity index (χ4v) is 23.4. The van der Waals surface area contributed by atoms with Crippen LogP contribution in [0.25, 0.3) is 274 Å². The summed E-state index contributed by atoms with van der Waals surface area (Å²) in [5.74, 6) is 0. The second kappa shape index (κ2) is 31.8. The summed E-state index contributed by atoms with van der Waals surface area (Å²) in [5.41, 5.74) is 36.2. The molecule has 31 rings (SSSR count). The molecule has 19 aromatic carbocycles. The highest BCUT2D eigenvalue weighted by Gasteiger charge is 2.25. The molecular formula is C126H76N12O2S. The first kappa shape index (κ1) is 79.4. The van der Waals surface area contributed by atoms with E-state index in [9.17, 15) is 0 Å². The summed E-state index contributed by atoms with van der Waals surface area (Å²) < 4.78 is 28.9. The molecule has 12 aromatic heterocycles. The van der Waals surface area contributed by atoms with Gasteiger partial charge in [-0.05, 0) is 233 Å². The van der Waals surface area contributed by atoms with E-state index in [1.54, 1.807) is 42.7 Å². The number of rotatable bonds is 10. The second-order valence-electron chi connectivity index (χ2n) is 36.1. The number of hydrogen-bond acceptors (Lipinski definition) is 9. The third-order valence-electron chi connectivity index (χ3n) is 28.4. The smallest absolute Gasteiger partial charge is 0.172 e. The molecule has 14 nitrogen and oxygen atoms in total. The Morgan fingerprint density at radius 1 is 0.191 bits per heavy atom. The molecule has 0 aliphatic carbocycles. The molecule has 0 aliphatic heterocycles. The van der Waals surface area contributed by atoms with E-state index in [1.807, 2.05) is 12.3 Å². The van der Waals surface area contributed by atoms with Crippen LogP contribution in [0.15, 0.2) is 471 Å². The van der Waals surface area contributed by atoms with E-state index in [0.717, 1.165) is 88.0 Å². The van der Waals surface area contributed by atoms with Crippen LogP contribution in [-0.2, 0) is 0 Å². The van der Waals surface area contributed by atoms with Crippen LogP contribution < -0.4 is 0 Å². The van der Waals surface area contributed by atoms with Crippen molar-refractivity contribution in [3.05, 3.63) is 462 Å². The van der Waals surface area contributed by atoms with Gasteiger partial charge in [-0.2, -0.15) is 0 Å². The van der Waals surface area contributed by atoms with Crippen LogP contribution in [0.2, 0.25) is 0 Å². The Hall–Kier alpha value is -19.0. The first-order valence-electron chi connectivity index (χ1n) is 47.3. The molecule has 0 N–H and O–H groups in total. The molecule has 0 saturated heterocycles. The van der Waals surface area contributed by atoms with Crippen molar-refractivity contribution in [2.75, 3.05) is 0 Å². The Bertz CT molecular complexity index is 10600. The molecule has 658 valence electrons. The molecule has 31 aromatic rings. The first-order valence-corrected chi connectivity index (χ1v) is 48.1. The lowest BCUT2D eigenvalue weighted by atomic mass is 10.0. The van der Waals surface area contributed by atoms with Gasteiger partial charge in [-0.1, -0.05) is 237 Å². The number of aromatic nitrogens is 12. The van der Waals surface area contributed by atoms with E-state index < -0.39 is 0 Å². The fraction of sp³-hybridized carbons (Fsp3) is 0. The van der Waals surface area contributed by atoms with Crippen molar-refractivity contribution in [3.63, 3.8) is 0 Å². The number of fused-ring (bicyclic) bond motifs is 27. The van der Waals surface area contributed by atoms with Gasteiger partial charge in [-0.15, -0.1) is 11.3 Å². The molecule has 0 saturated carbocycles. The highest BCUT2D eigenvalue weighted by atomic mass is 32.1. The molecular weight excluding hydrogens is 1750 g/mol. The largest absolute Gasteiger partial charge is 0.453 e. The maximum absolute atomic E-state index is 6.36. The SMILES string of the molecule is c1ccc(-n2c3ccccc3c3cc(-c4ccc5c(c4)c4ccccc4n5-c4ccc(-c5cccc6c5sc5cncnc56)cc4)ccc32)cc1.c1ccc(-n2c3ccccc3c3cc(-c4ccc5c(c4)c4ccccc4n5-c4ccc5oc6cncnc6c5c4)ccc32)cc1.c1ccc(-n2c3ccccc3c3cc(-c4ccc5c(c4)c4ccccc4n5-c4cccc5c4oc4cncnc45)ccc32)cc1. The summed E-state index contributed by atoms with van der Waals surface area (Å²) in [6.07, 6.45) is 10.1. The van der Waals surface area contributed by atoms with Gasteiger partial charge < -0.3 is 36.2 Å². The van der Waals surface area contributed by atoms with Gasteiger partial charge in [-0.25, -0.2) is 29.9 Å². The third-order valence-corrected chi connectivity index (χ3v) is 29.6. The molecule has 0 fully saturated rings. The van der Waals surface area contributed by atoms with Crippen molar-refractivity contribution in [2.24, 2.45) is 0 Å². The van der Waals surface area contributed by atoms with Crippen molar-refractivity contribution >= 4 is 207 Å². The average Bonchev–Trinajstić information content (AvgIpc) is 1.56. The minimum absolute atomic E-state index is 0.687. The predicted octanol–water partition coefficient (Wildman–Crippen LogP) is 32.8. The number of thiophene rings is 1. The topological polar surface area (TPSA) is 133 Å². The lowest BCUT2D eigenvalue weighted by Gasteiger charge is -2.10. The zero-order valence-electron chi connectivity index (χ0n) is 75.5. The Morgan fingerprint density at radius 3 is 0.915 bits per heavy atom. The predicted molar refractivity (Wildman–Crippen MR) is 581 cm³/mol. The van der Waals surface area contributed by atoms with Gasteiger partial charge in [0.05, 0.1) is 94.5 Å². The molecule has 12 heterocycles. The van der Waals surface area contributed by atoms with E-state index >= 15 is 0 Å². The zero-order chi connectivity index (χ0) is 92.4. The van der Waals surface area contributed by atoms with Crippen LogP contribution in [0.1, 0.15) is 0 Å². The zero-order valence-corrected chi connectivity index (χ0v) is 76.3. The molecule has 0 radical (unpaired) electrons. The number of nitrogens with zero attached hydrogens (tertiary/aromatic N) is 12. The molecule has 15 heteroatoms. The summed E-state index contributed by atoms with van der Waals surface area (Å²) in [6, 6.07) is 153. The number of hydrogen-bond donors (Lipinski definition) is 0. The molecule has 0 aliphatic rings. The molecule has 0 bridgehead atoms. The van der Waals surface area contributed by atoms with Crippen molar-refractivity contribution in [1.29, 1.82) is 0 Å². The monoisotopic (exact) mass is 1820 g/mol. The van der Waals surface area contributed by atoms with Crippen LogP contribution in [0.3, 0.4) is 0 Å². The quantitative estimate of drug-likeness (QED) is 0.132. The van der Waals surface area contributed by atoms with Crippen LogP contribution in [0, 0.1) is 0 Å². The normalized spacial score (nSPS) is 12.0. The Labute approximate surface area is 807 Å². The Kier molecular flexibility index (Phi) is 17.9. The minimum atomic E-state index is 0.687. The van der Waals surface area contributed by atoms with Crippen molar-refractivity contribution < 1.29 is 8.83 Å². The summed E-state index contributed by atoms with van der Waals surface area (Å²) >= 11 is 1.76. The minimum Gasteiger partial charge on any atom is -0.453 e. The summed E-state index contributed by atoms with van der Waals surface area (Å²) in [5, 5.41) is 18.0. The molecule has 0 amide bonds. The van der Waals surface area contributed by atoms with Gasteiger partial charge in [0.1, 0.15) is 35.6 Å². The van der Waals surface area contributed by atoms with E-state index in [4.69, 9.17) is 8.83 Å². The molecule has 141 heavy (non-hydrogen) atoms. The van der Waals surface area contributed by atoms with Gasteiger partial charge in [0.25, 0.3) is 0 Å². The van der Waals surface area contributed by atoms with E-state index in [0.29, 0.717) is 11.2 Å². The Balaban J connectivity index is 0.000000102. The first-order chi connectivity index (χ1) is 69.9. The number of furan rings is 2. The van der Waals surface area contributed by atoms with Crippen LogP contribution in [0.5, 0.6) is 0 Å². The fourth-order valence-electron chi connectivity index (χ4n) is 22.2. The number of benzene rings is 19. The molecule has 0 spiro atoms. The van der Waals surface area contributed by atoms with Crippen LogP contribution in [-0.4, -0.2) is 57.3 Å². The molecule has 0 unspecified atom stereocenters. The summed E-state index contributed by atoms with van der Waals surface area (Å²) in [7, 11) is 0.